The first-order chi connectivity index (χ1) is 7.06. The van der Waals surface area contributed by atoms with Crippen molar-refractivity contribution in [1.82, 2.24) is 0 Å². The van der Waals surface area contributed by atoms with Crippen LogP contribution in [0, 0.1) is 5.92 Å². The van der Waals surface area contributed by atoms with Gasteiger partial charge in [0.25, 0.3) is 0 Å². The molecule has 82 valence electrons. The maximum Gasteiger partial charge on any atom is 0.308 e. The lowest BCUT2D eigenvalue weighted by Crippen LogP contribution is -2.18. The summed E-state index contributed by atoms with van der Waals surface area (Å²) in [7, 11) is 1.42. The fraction of sp³-hybridized carbons (Fsp3) is 0.417. The Kier molecular flexibility index (Phi) is 4.33. The van der Waals surface area contributed by atoms with Crippen molar-refractivity contribution < 1.29 is 9.53 Å². The smallest absolute Gasteiger partial charge is 0.308 e. The molecule has 1 rings (SSSR count). The van der Waals surface area contributed by atoms with Crippen molar-refractivity contribution in [3.63, 3.8) is 0 Å². The number of esters is 1. The van der Waals surface area contributed by atoms with E-state index in [2.05, 4.69) is 15.9 Å². The van der Waals surface area contributed by atoms with Gasteiger partial charge in [-0.15, -0.1) is 0 Å². The van der Waals surface area contributed by atoms with Crippen LogP contribution in [0.25, 0.3) is 0 Å². The van der Waals surface area contributed by atoms with E-state index in [0.717, 1.165) is 10.0 Å². The molecule has 1 aromatic carbocycles. The Morgan fingerprint density at radius 3 is 2.27 bits per heavy atom. The molecule has 0 radical (unpaired) electrons. The van der Waals surface area contributed by atoms with Gasteiger partial charge in [-0.25, -0.2) is 0 Å². The zero-order valence-electron chi connectivity index (χ0n) is 9.16. The molecule has 0 saturated carbocycles. The van der Waals surface area contributed by atoms with Gasteiger partial charge in [-0.1, -0.05) is 41.9 Å². The van der Waals surface area contributed by atoms with Gasteiger partial charge in [-0.2, -0.15) is 0 Å². The first-order valence-corrected chi connectivity index (χ1v) is 5.69. The van der Waals surface area contributed by atoms with E-state index in [-0.39, 0.29) is 17.8 Å². The summed E-state index contributed by atoms with van der Waals surface area (Å²) < 4.78 is 5.78. The predicted octanol–water partition coefficient (Wildman–Crippen LogP) is 3.36. The number of halogens is 1. The molecule has 0 spiro atoms. The van der Waals surface area contributed by atoms with Crippen molar-refractivity contribution in [2.75, 3.05) is 7.11 Å². The van der Waals surface area contributed by atoms with Crippen LogP contribution >= 0.6 is 15.9 Å². The Labute approximate surface area is 98.8 Å². The third kappa shape index (κ3) is 3.06. The second-order valence-corrected chi connectivity index (χ2v) is 4.57. The molecule has 0 bridgehead atoms. The van der Waals surface area contributed by atoms with Crippen molar-refractivity contribution in [1.29, 1.82) is 0 Å². The van der Waals surface area contributed by atoms with Gasteiger partial charge in [0.2, 0.25) is 0 Å². The molecule has 3 heteroatoms. The van der Waals surface area contributed by atoms with Crippen molar-refractivity contribution in [3.8, 4) is 0 Å². The molecular formula is C12H15BrO2. The van der Waals surface area contributed by atoms with E-state index in [1.165, 1.54) is 7.11 Å². The Morgan fingerprint density at radius 1 is 1.27 bits per heavy atom. The van der Waals surface area contributed by atoms with Crippen molar-refractivity contribution in [2.45, 2.75) is 19.8 Å². The molecule has 0 N–H and O–H groups in total. The second-order valence-electron chi connectivity index (χ2n) is 3.65. The van der Waals surface area contributed by atoms with Crippen LogP contribution in [0.3, 0.4) is 0 Å². The van der Waals surface area contributed by atoms with E-state index in [0.29, 0.717) is 0 Å². The maximum absolute atomic E-state index is 11.4. The molecule has 0 amide bonds. The summed E-state index contributed by atoms with van der Waals surface area (Å²) in [6, 6.07) is 8.01. The summed E-state index contributed by atoms with van der Waals surface area (Å²) in [5, 5.41) is 0. The van der Waals surface area contributed by atoms with Gasteiger partial charge >= 0.3 is 5.97 Å². The average Bonchev–Trinajstić information content (AvgIpc) is 2.27. The van der Waals surface area contributed by atoms with Gasteiger partial charge in [-0.05, 0) is 23.6 Å². The van der Waals surface area contributed by atoms with E-state index < -0.39 is 0 Å². The molecule has 0 aliphatic carbocycles. The average molecular weight is 271 g/mol. The molecular weight excluding hydrogens is 256 g/mol. The number of carbonyl (C=O) groups is 1. The lowest BCUT2D eigenvalue weighted by Gasteiger charge is -2.17. The second kappa shape index (κ2) is 5.31. The zero-order chi connectivity index (χ0) is 11.4. The van der Waals surface area contributed by atoms with Crippen molar-refractivity contribution in [2.24, 2.45) is 5.92 Å². The van der Waals surface area contributed by atoms with Crippen molar-refractivity contribution >= 4 is 21.9 Å². The highest BCUT2D eigenvalue weighted by molar-refractivity contribution is 9.10. The number of hydrogen-bond donors (Lipinski definition) is 0. The molecule has 2 atom stereocenters. The fourth-order valence-electron chi connectivity index (χ4n) is 1.45. The van der Waals surface area contributed by atoms with Gasteiger partial charge in [-0.3, -0.25) is 4.79 Å². The van der Waals surface area contributed by atoms with E-state index in [4.69, 9.17) is 4.74 Å². The topological polar surface area (TPSA) is 26.3 Å². The molecule has 1 aromatic rings. The Balaban J connectivity index is 2.80. The third-order valence-electron chi connectivity index (χ3n) is 2.72. The SMILES string of the molecule is COC(=O)[C@@H](C)[C@H](C)c1ccc(Br)cc1. The van der Waals surface area contributed by atoms with Crippen LogP contribution in [-0.2, 0) is 9.53 Å². The zero-order valence-corrected chi connectivity index (χ0v) is 10.7. The number of benzene rings is 1. The number of ether oxygens (including phenoxy) is 1. The molecule has 15 heavy (non-hydrogen) atoms. The summed E-state index contributed by atoms with van der Waals surface area (Å²) >= 11 is 3.38. The van der Waals surface area contributed by atoms with Gasteiger partial charge in [0.1, 0.15) is 0 Å². The molecule has 0 aromatic heterocycles. The highest BCUT2D eigenvalue weighted by Gasteiger charge is 2.21. The quantitative estimate of drug-likeness (QED) is 0.788. The Bertz CT molecular complexity index is 332. The van der Waals surface area contributed by atoms with Crippen LogP contribution in [0.15, 0.2) is 28.7 Å². The summed E-state index contributed by atoms with van der Waals surface area (Å²) in [5.74, 6) is -0.104. The van der Waals surface area contributed by atoms with Crippen molar-refractivity contribution in [3.05, 3.63) is 34.3 Å². The van der Waals surface area contributed by atoms with Crippen LogP contribution in [-0.4, -0.2) is 13.1 Å². The van der Waals surface area contributed by atoms with Crippen LogP contribution < -0.4 is 0 Å². The lowest BCUT2D eigenvalue weighted by atomic mass is 9.89. The highest BCUT2D eigenvalue weighted by Crippen LogP contribution is 2.26. The van der Waals surface area contributed by atoms with Crippen LogP contribution in [0.4, 0.5) is 0 Å². The molecule has 0 aliphatic rings. The standard InChI is InChI=1S/C12H15BrO2/c1-8(9(2)12(14)15-3)10-4-6-11(13)7-5-10/h4-9H,1-3H3/t8-,9-/m0/s1. The molecule has 2 nitrogen and oxygen atoms in total. The van der Waals surface area contributed by atoms with Gasteiger partial charge in [0, 0.05) is 4.47 Å². The van der Waals surface area contributed by atoms with Crippen LogP contribution in [0.5, 0.6) is 0 Å². The number of methoxy groups -OCH3 is 1. The highest BCUT2D eigenvalue weighted by atomic mass is 79.9. The first kappa shape index (κ1) is 12.2. The summed E-state index contributed by atoms with van der Waals surface area (Å²) in [4.78, 5) is 11.4. The largest absolute Gasteiger partial charge is 0.469 e. The van der Waals surface area contributed by atoms with Gasteiger partial charge in [0.05, 0.1) is 13.0 Å². The lowest BCUT2D eigenvalue weighted by molar-refractivity contribution is -0.145. The summed E-state index contributed by atoms with van der Waals surface area (Å²) in [5.41, 5.74) is 1.15. The predicted molar refractivity (Wildman–Crippen MR) is 63.7 cm³/mol. The minimum Gasteiger partial charge on any atom is -0.469 e. The first-order valence-electron chi connectivity index (χ1n) is 4.89. The number of rotatable bonds is 3. The molecule has 0 aliphatic heterocycles. The fourth-order valence-corrected chi connectivity index (χ4v) is 1.71. The monoisotopic (exact) mass is 270 g/mol. The van der Waals surface area contributed by atoms with E-state index >= 15 is 0 Å². The van der Waals surface area contributed by atoms with Gasteiger partial charge in [0.15, 0.2) is 0 Å². The van der Waals surface area contributed by atoms with Gasteiger partial charge < -0.3 is 4.74 Å². The normalized spacial score (nSPS) is 14.4. The Hall–Kier alpha value is -0.830. The Morgan fingerprint density at radius 2 is 1.80 bits per heavy atom. The number of carbonyl (C=O) groups excluding carboxylic acids is 1. The maximum atomic E-state index is 11.4. The minimum atomic E-state index is -0.162. The summed E-state index contributed by atoms with van der Waals surface area (Å²) in [6.07, 6.45) is 0. The van der Waals surface area contributed by atoms with E-state index in [9.17, 15) is 4.79 Å². The van der Waals surface area contributed by atoms with E-state index in [1.807, 2.05) is 38.1 Å². The number of hydrogen-bond acceptors (Lipinski definition) is 2. The minimum absolute atomic E-state index is 0.115. The molecule has 0 fully saturated rings. The molecule has 0 saturated heterocycles. The van der Waals surface area contributed by atoms with E-state index in [1.54, 1.807) is 0 Å². The molecule has 0 unspecified atom stereocenters. The molecule has 0 heterocycles. The third-order valence-corrected chi connectivity index (χ3v) is 3.25. The van der Waals surface area contributed by atoms with Crippen LogP contribution in [0.2, 0.25) is 0 Å². The summed E-state index contributed by atoms with van der Waals surface area (Å²) in [6.45, 7) is 3.92. The van der Waals surface area contributed by atoms with Crippen LogP contribution in [0.1, 0.15) is 25.3 Å².